The molecule has 0 radical (unpaired) electrons. The summed E-state index contributed by atoms with van der Waals surface area (Å²) in [6.45, 7) is 0.237. The van der Waals surface area contributed by atoms with Crippen LogP contribution in [0.1, 0.15) is 5.56 Å². The molecule has 2 heterocycles. The molecule has 0 atom stereocenters. The Bertz CT molecular complexity index is 1220. The molecule has 5 rings (SSSR count). The second kappa shape index (κ2) is 6.96. The van der Waals surface area contributed by atoms with Gasteiger partial charge in [0.25, 0.3) is 0 Å². The zero-order valence-corrected chi connectivity index (χ0v) is 16.7. The van der Waals surface area contributed by atoms with Crippen molar-refractivity contribution in [3.63, 3.8) is 0 Å². The predicted molar refractivity (Wildman–Crippen MR) is 112 cm³/mol. The molecule has 0 fully saturated rings. The van der Waals surface area contributed by atoms with Crippen molar-refractivity contribution in [2.75, 3.05) is 6.79 Å². The van der Waals surface area contributed by atoms with Gasteiger partial charge in [-0.25, -0.2) is 4.98 Å². The molecule has 4 aromatic rings. The largest absolute Gasteiger partial charge is 0.454 e. The number of hydrogen-bond acceptors (Lipinski definition) is 5. The summed E-state index contributed by atoms with van der Waals surface area (Å²) in [5.74, 6) is 1.98. The van der Waals surface area contributed by atoms with Gasteiger partial charge >= 0.3 is 0 Å². The number of halogens is 2. The van der Waals surface area contributed by atoms with Crippen LogP contribution in [0, 0.1) is 0 Å². The lowest BCUT2D eigenvalue weighted by molar-refractivity contribution is 0.174. The Morgan fingerprint density at radius 3 is 2.61 bits per heavy atom. The molecule has 0 amide bonds. The Kier molecular flexibility index (Phi) is 4.30. The summed E-state index contributed by atoms with van der Waals surface area (Å²) in [5.41, 5.74) is 3.96. The van der Waals surface area contributed by atoms with Crippen LogP contribution in [0.4, 0.5) is 5.69 Å². The summed E-state index contributed by atoms with van der Waals surface area (Å²) in [6.07, 6.45) is 1.77. The first-order valence-electron chi connectivity index (χ1n) is 8.45. The first-order valence-corrected chi connectivity index (χ1v) is 9.62. The van der Waals surface area contributed by atoms with Gasteiger partial charge in [0.05, 0.1) is 5.69 Å². The van der Waals surface area contributed by atoms with E-state index >= 15 is 0 Å². The van der Waals surface area contributed by atoms with Crippen LogP contribution in [0.15, 0.2) is 68.5 Å². The zero-order chi connectivity index (χ0) is 19.1. The Morgan fingerprint density at radius 1 is 1.00 bits per heavy atom. The van der Waals surface area contributed by atoms with Crippen molar-refractivity contribution in [2.45, 2.75) is 0 Å². The van der Waals surface area contributed by atoms with Gasteiger partial charge < -0.3 is 13.9 Å². The molecule has 28 heavy (non-hydrogen) atoms. The Hall–Kier alpha value is -2.83. The minimum atomic E-state index is 0.237. The van der Waals surface area contributed by atoms with Crippen LogP contribution in [0.5, 0.6) is 11.5 Å². The summed E-state index contributed by atoms with van der Waals surface area (Å²) < 4.78 is 17.6. The highest BCUT2D eigenvalue weighted by Crippen LogP contribution is 2.36. The molecule has 0 saturated heterocycles. The maximum Gasteiger partial charge on any atom is 0.231 e. The van der Waals surface area contributed by atoms with E-state index in [1.807, 2.05) is 54.6 Å². The van der Waals surface area contributed by atoms with Crippen LogP contribution in [0.25, 0.3) is 22.6 Å². The topological polar surface area (TPSA) is 56.9 Å². The SMILES string of the molecule is Clc1ccc(-c2nc3ccc(N=Cc4cc5c(cc4Br)OCO5)cc3o2)cc1. The van der Waals surface area contributed by atoms with Crippen molar-refractivity contribution in [1.82, 2.24) is 4.98 Å². The highest BCUT2D eigenvalue weighted by Gasteiger charge is 2.15. The van der Waals surface area contributed by atoms with Gasteiger partial charge in [-0.15, -0.1) is 0 Å². The molecule has 0 bridgehead atoms. The summed E-state index contributed by atoms with van der Waals surface area (Å²) in [4.78, 5) is 9.08. The minimum absolute atomic E-state index is 0.237. The molecular weight excluding hydrogens is 444 g/mol. The van der Waals surface area contributed by atoms with E-state index in [0.29, 0.717) is 22.2 Å². The van der Waals surface area contributed by atoms with E-state index in [9.17, 15) is 0 Å². The first-order chi connectivity index (χ1) is 13.7. The van der Waals surface area contributed by atoms with E-state index in [4.69, 9.17) is 25.5 Å². The molecule has 7 heteroatoms. The lowest BCUT2D eigenvalue weighted by Gasteiger charge is -2.01. The Labute approximate surface area is 173 Å². The van der Waals surface area contributed by atoms with Gasteiger partial charge in [0, 0.05) is 32.9 Å². The third kappa shape index (κ3) is 3.25. The second-order valence-electron chi connectivity index (χ2n) is 6.16. The van der Waals surface area contributed by atoms with E-state index in [1.54, 1.807) is 6.21 Å². The molecule has 1 aromatic heterocycles. The molecule has 0 spiro atoms. The number of aliphatic imine (C=N–C) groups is 1. The molecule has 0 unspecified atom stereocenters. The van der Waals surface area contributed by atoms with Crippen molar-refractivity contribution in [3.8, 4) is 23.0 Å². The first kappa shape index (κ1) is 17.3. The second-order valence-corrected chi connectivity index (χ2v) is 7.45. The fourth-order valence-corrected chi connectivity index (χ4v) is 3.44. The van der Waals surface area contributed by atoms with Crippen LogP contribution >= 0.6 is 27.5 Å². The summed E-state index contributed by atoms with van der Waals surface area (Å²) in [6, 6.07) is 16.8. The van der Waals surface area contributed by atoms with E-state index in [2.05, 4.69) is 25.9 Å². The molecule has 1 aliphatic heterocycles. The number of rotatable bonds is 3. The number of aromatic nitrogens is 1. The van der Waals surface area contributed by atoms with E-state index in [-0.39, 0.29) is 6.79 Å². The van der Waals surface area contributed by atoms with Crippen LogP contribution in [-0.4, -0.2) is 18.0 Å². The molecule has 0 saturated carbocycles. The zero-order valence-electron chi connectivity index (χ0n) is 14.4. The van der Waals surface area contributed by atoms with Crippen LogP contribution < -0.4 is 9.47 Å². The summed E-state index contributed by atoms with van der Waals surface area (Å²) in [7, 11) is 0. The number of nitrogens with zero attached hydrogens (tertiary/aromatic N) is 2. The average Bonchev–Trinajstić information content (AvgIpc) is 3.32. The van der Waals surface area contributed by atoms with Gasteiger partial charge in [-0.2, -0.15) is 0 Å². The third-order valence-corrected chi connectivity index (χ3v) is 5.25. The smallest absolute Gasteiger partial charge is 0.231 e. The fraction of sp³-hybridized carbons (Fsp3) is 0.0476. The van der Waals surface area contributed by atoms with E-state index in [1.165, 1.54) is 0 Å². The average molecular weight is 456 g/mol. The Morgan fingerprint density at radius 2 is 1.79 bits per heavy atom. The van der Waals surface area contributed by atoms with Gasteiger partial charge in [-0.1, -0.05) is 11.6 Å². The molecule has 5 nitrogen and oxygen atoms in total. The number of ether oxygens (including phenoxy) is 2. The van der Waals surface area contributed by atoms with E-state index in [0.717, 1.165) is 32.6 Å². The van der Waals surface area contributed by atoms with Crippen molar-refractivity contribution in [3.05, 3.63) is 69.7 Å². The number of hydrogen-bond donors (Lipinski definition) is 0. The number of fused-ring (bicyclic) bond motifs is 2. The van der Waals surface area contributed by atoms with Crippen LogP contribution in [0.3, 0.4) is 0 Å². The molecule has 1 aliphatic rings. The van der Waals surface area contributed by atoms with Gasteiger partial charge in [0.2, 0.25) is 12.7 Å². The summed E-state index contributed by atoms with van der Waals surface area (Å²) >= 11 is 9.47. The Balaban J connectivity index is 1.45. The summed E-state index contributed by atoms with van der Waals surface area (Å²) in [5, 5.41) is 0.672. The number of benzene rings is 3. The van der Waals surface area contributed by atoms with E-state index < -0.39 is 0 Å². The highest BCUT2D eigenvalue weighted by molar-refractivity contribution is 9.10. The third-order valence-electron chi connectivity index (χ3n) is 4.31. The van der Waals surface area contributed by atoms with Crippen molar-refractivity contribution in [1.29, 1.82) is 0 Å². The lowest BCUT2D eigenvalue weighted by atomic mass is 10.2. The fourth-order valence-electron chi connectivity index (χ4n) is 2.89. The molecular formula is C21H12BrClN2O3. The normalized spacial score (nSPS) is 12.9. The van der Waals surface area contributed by atoms with Crippen LogP contribution in [-0.2, 0) is 0 Å². The highest BCUT2D eigenvalue weighted by atomic mass is 79.9. The molecule has 0 aliphatic carbocycles. The minimum Gasteiger partial charge on any atom is -0.454 e. The van der Waals surface area contributed by atoms with Crippen molar-refractivity contribution in [2.24, 2.45) is 4.99 Å². The monoisotopic (exact) mass is 454 g/mol. The maximum atomic E-state index is 5.94. The molecule has 3 aromatic carbocycles. The van der Waals surface area contributed by atoms with Crippen molar-refractivity contribution >= 4 is 50.5 Å². The van der Waals surface area contributed by atoms with Gasteiger partial charge in [-0.05, 0) is 64.5 Å². The molecule has 0 N–H and O–H groups in total. The van der Waals surface area contributed by atoms with Crippen molar-refractivity contribution < 1.29 is 13.9 Å². The van der Waals surface area contributed by atoms with Crippen LogP contribution in [0.2, 0.25) is 5.02 Å². The maximum absolute atomic E-state index is 5.94. The molecule has 138 valence electrons. The van der Waals surface area contributed by atoms with Gasteiger partial charge in [-0.3, -0.25) is 4.99 Å². The predicted octanol–water partition coefficient (Wildman–Crippen LogP) is 6.39. The lowest BCUT2D eigenvalue weighted by Crippen LogP contribution is -1.92. The van der Waals surface area contributed by atoms with Gasteiger partial charge in [0.1, 0.15) is 5.52 Å². The standard InChI is InChI=1S/C21H12BrClN2O3/c22-16-9-20-19(26-11-27-20)7-13(16)10-24-15-5-6-17-18(8-15)28-21(25-17)12-1-3-14(23)4-2-12/h1-10H,11H2. The number of oxazole rings is 1. The quantitative estimate of drug-likeness (QED) is 0.336. The van der Waals surface area contributed by atoms with Gasteiger partial charge in [0.15, 0.2) is 17.1 Å².